The van der Waals surface area contributed by atoms with Crippen molar-refractivity contribution >= 4 is 23.2 Å². The van der Waals surface area contributed by atoms with Gasteiger partial charge in [0, 0.05) is 19.0 Å². The van der Waals surface area contributed by atoms with Gasteiger partial charge in [-0.15, -0.1) is 0 Å². The number of imide groups is 1. The maximum absolute atomic E-state index is 12.9. The van der Waals surface area contributed by atoms with Crippen molar-refractivity contribution in [1.29, 1.82) is 0 Å². The summed E-state index contributed by atoms with van der Waals surface area (Å²) in [5.41, 5.74) is 3.05. The predicted octanol–water partition coefficient (Wildman–Crippen LogP) is 3.25. The van der Waals surface area contributed by atoms with Crippen molar-refractivity contribution < 1.29 is 14.3 Å². The van der Waals surface area contributed by atoms with Gasteiger partial charge in [-0.2, -0.15) is 0 Å². The van der Waals surface area contributed by atoms with Crippen LogP contribution in [0.5, 0.6) is 5.75 Å². The molecule has 1 aliphatic heterocycles. The Bertz CT molecular complexity index is 769. The van der Waals surface area contributed by atoms with Crippen LogP contribution < -0.4 is 15.0 Å². The number of para-hydroxylation sites is 1. The van der Waals surface area contributed by atoms with Gasteiger partial charge >= 0.3 is 0 Å². The smallest absolute Gasteiger partial charge is 0.265 e. The zero-order chi connectivity index (χ0) is 17.1. The molecule has 0 fully saturated rings. The molecule has 2 aromatic carbocycles. The molecule has 124 valence electrons. The summed E-state index contributed by atoms with van der Waals surface area (Å²) < 4.78 is 5.39. The fraction of sp³-hybridized carbons (Fsp3) is 0.263. The van der Waals surface area contributed by atoms with Gasteiger partial charge in [-0.05, 0) is 49.2 Å². The third-order valence-electron chi connectivity index (χ3n) is 4.00. The van der Waals surface area contributed by atoms with E-state index in [-0.39, 0.29) is 11.8 Å². The average Bonchev–Trinajstić information content (AvgIpc) is 3.05. The number of carbonyl (C=O) groups is 2. The lowest BCUT2D eigenvalue weighted by molar-refractivity contribution is -0.115. The van der Waals surface area contributed by atoms with Crippen LogP contribution >= 0.6 is 0 Å². The first-order chi connectivity index (χ1) is 11.6. The minimum Gasteiger partial charge on any atom is -0.494 e. The van der Waals surface area contributed by atoms with Gasteiger partial charge in [-0.25, -0.2) is 4.90 Å². The summed E-state index contributed by atoms with van der Waals surface area (Å²) in [6, 6.07) is 12.5. The van der Waals surface area contributed by atoms with Crippen LogP contribution in [0.15, 0.2) is 42.5 Å². The minimum atomic E-state index is -0.340. The van der Waals surface area contributed by atoms with E-state index < -0.39 is 0 Å². The summed E-state index contributed by atoms with van der Waals surface area (Å²) in [5, 5.41) is 3.27. The maximum Gasteiger partial charge on any atom is 0.265 e. The van der Waals surface area contributed by atoms with Gasteiger partial charge in [0.2, 0.25) is 5.91 Å². The zero-order valence-corrected chi connectivity index (χ0v) is 13.8. The number of amides is 2. The summed E-state index contributed by atoms with van der Waals surface area (Å²) >= 11 is 0. The van der Waals surface area contributed by atoms with Crippen molar-refractivity contribution in [2.75, 3.05) is 23.4 Å². The fourth-order valence-electron chi connectivity index (χ4n) is 2.92. The van der Waals surface area contributed by atoms with Crippen LogP contribution in [0.25, 0.3) is 0 Å². The average molecular weight is 324 g/mol. The van der Waals surface area contributed by atoms with Crippen LogP contribution in [-0.2, 0) is 11.2 Å². The number of nitrogens with one attached hydrogen (secondary N) is 1. The van der Waals surface area contributed by atoms with Gasteiger partial charge in [0.15, 0.2) is 0 Å². The molecule has 2 aromatic rings. The standard InChI is InChI=1S/C19H20N2O3/c1-3-24-16-9-7-15(8-10-16)19(23)21(13(2)22)17-6-4-5-14-11-12-20-18(14)17/h4-10,20H,3,11-12H2,1-2H3. The summed E-state index contributed by atoms with van der Waals surface area (Å²) in [6.45, 7) is 4.68. The van der Waals surface area contributed by atoms with Crippen LogP contribution in [0.2, 0.25) is 0 Å². The molecule has 5 heteroatoms. The van der Waals surface area contributed by atoms with Gasteiger partial charge in [0.05, 0.1) is 18.0 Å². The molecular weight excluding hydrogens is 304 g/mol. The van der Waals surface area contributed by atoms with Crippen molar-refractivity contribution in [3.05, 3.63) is 53.6 Å². The molecule has 0 atom stereocenters. The second kappa shape index (κ2) is 6.74. The number of ether oxygens (including phenoxy) is 1. The highest BCUT2D eigenvalue weighted by molar-refractivity contribution is 6.22. The molecule has 0 spiro atoms. The highest BCUT2D eigenvalue weighted by atomic mass is 16.5. The van der Waals surface area contributed by atoms with Gasteiger partial charge < -0.3 is 10.1 Å². The van der Waals surface area contributed by atoms with E-state index in [1.165, 1.54) is 11.8 Å². The molecule has 1 heterocycles. The van der Waals surface area contributed by atoms with Crippen LogP contribution in [0.4, 0.5) is 11.4 Å². The number of fused-ring (bicyclic) bond motifs is 1. The van der Waals surface area contributed by atoms with E-state index in [2.05, 4.69) is 5.32 Å². The Labute approximate surface area is 141 Å². The Morgan fingerprint density at radius 2 is 1.92 bits per heavy atom. The maximum atomic E-state index is 12.9. The minimum absolute atomic E-state index is 0.309. The number of hydrogen-bond acceptors (Lipinski definition) is 4. The molecule has 0 radical (unpaired) electrons. The summed E-state index contributed by atoms with van der Waals surface area (Å²) in [4.78, 5) is 26.3. The number of hydrogen-bond donors (Lipinski definition) is 1. The quantitative estimate of drug-likeness (QED) is 0.938. The fourth-order valence-corrected chi connectivity index (χ4v) is 2.92. The van der Waals surface area contributed by atoms with E-state index in [1.54, 1.807) is 30.3 Å². The predicted molar refractivity (Wildman–Crippen MR) is 93.7 cm³/mol. The van der Waals surface area contributed by atoms with E-state index in [1.807, 2.05) is 19.1 Å². The lowest BCUT2D eigenvalue weighted by Gasteiger charge is -2.22. The second-order valence-electron chi connectivity index (χ2n) is 5.61. The van der Waals surface area contributed by atoms with E-state index in [4.69, 9.17) is 4.74 Å². The van der Waals surface area contributed by atoms with Crippen molar-refractivity contribution in [3.8, 4) is 5.75 Å². The normalized spacial score (nSPS) is 12.2. The van der Waals surface area contributed by atoms with Crippen LogP contribution in [0, 0.1) is 0 Å². The summed E-state index contributed by atoms with van der Waals surface area (Å²) in [7, 11) is 0. The molecule has 5 nitrogen and oxygen atoms in total. The second-order valence-corrected chi connectivity index (χ2v) is 5.61. The number of rotatable bonds is 4. The van der Waals surface area contributed by atoms with Gasteiger partial charge in [-0.3, -0.25) is 9.59 Å². The monoisotopic (exact) mass is 324 g/mol. The Balaban J connectivity index is 1.95. The van der Waals surface area contributed by atoms with Gasteiger partial charge in [0.25, 0.3) is 5.91 Å². The molecule has 0 unspecified atom stereocenters. The van der Waals surface area contributed by atoms with Gasteiger partial charge in [0.1, 0.15) is 5.75 Å². The lowest BCUT2D eigenvalue weighted by Crippen LogP contribution is -2.35. The number of benzene rings is 2. The Kier molecular flexibility index (Phi) is 4.51. The number of anilines is 2. The first-order valence-electron chi connectivity index (χ1n) is 8.05. The Hall–Kier alpha value is -2.82. The highest BCUT2D eigenvalue weighted by Crippen LogP contribution is 2.34. The van der Waals surface area contributed by atoms with Crippen molar-refractivity contribution in [1.82, 2.24) is 0 Å². The molecule has 2 amide bonds. The third-order valence-corrected chi connectivity index (χ3v) is 4.00. The molecular formula is C19H20N2O3. The lowest BCUT2D eigenvalue weighted by atomic mass is 10.1. The van der Waals surface area contributed by atoms with Crippen LogP contribution in [-0.4, -0.2) is 25.0 Å². The van der Waals surface area contributed by atoms with Crippen LogP contribution in [0.1, 0.15) is 29.8 Å². The Morgan fingerprint density at radius 1 is 1.17 bits per heavy atom. The summed E-state index contributed by atoms with van der Waals surface area (Å²) in [5.74, 6) is 0.0503. The first kappa shape index (κ1) is 16.1. The SMILES string of the molecule is CCOc1ccc(C(=O)N(C(C)=O)c2cccc3c2NCC3)cc1. The van der Waals surface area contributed by atoms with Crippen LogP contribution in [0.3, 0.4) is 0 Å². The van der Waals surface area contributed by atoms with Crippen molar-refractivity contribution in [3.63, 3.8) is 0 Å². The number of nitrogens with zero attached hydrogens (tertiary/aromatic N) is 1. The topological polar surface area (TPSA) is 58.6 Å². The molecule has 3 rings (SSSR count). The van der Waals surface area contributed by atoms with E-state index in [0.717, 1.165) is 24.2 Å². The molecule has 0 saturated heterocycles. The van der Waals surface area contributed by atoms with Crippen molar-refractivity contribution in [2.24, 2.45) is 0 Å². The highest BCUT2D eigenvalue weighted by Gasteiger charge is 2.26. The van der Waals surface area contributed by atoms with E-state index in [0.29, 0.717) is 23.6 Å². The zero-order valence-electron chi connectivity index (χ0n) is 13.8. The van der Waals surface area contributed by atoms with E-state index in [9.17, 15) is 9.59 Å². The largest absolute Gasteiger partial charge is 0.494 e. The van der Waals surface area contributed by atoms with Gasteiger partial charge in [-0.1, -0.05) is 12.1 Å². The van der Waals surface area contributed by atoms with Crippen molar-refractivity contribution in [2.45, 2.75) is 20.3 Å². The Morgan fingerprint density at radius 3 is 2.58 bits per heavy atom. The molecule has 0 aliphatic carbocycles. The third kappa shape index (κ3) is 2.97. The van der Waals surface area contributed by atoms with E-state index >= 15 is 0 Å². The number of carbonyl (C=O) groups excluding carboxylic acids is 2. The molecule has 0 aromatic heterocycles. The summed E-state index contributed by atoms with van der Waals surface area (Å²) in [6.07, 6.45) is 0.895. The molecule has 1 aliphatic rings. The first-order valence-corrected chi connectivity index (χ1v) is 8.05. The molecule has 24 heavy (non-hydrogen) atoms. The molecule has 0 saturated carbocycles. The molecule has 1 N–H and O–H groups in total. The molecule has 0 bridgehead atoms.